The summed E-state index contributed by atoms with van der Waals surface area (Å²) in [5.74, 6) is 1.74. The number of para-hydroxylation sites is 5. The minimum absolute atomic E-state index is 0.555. The van der Waals surface area contributed by atoms with Crippen molar-refractivity contribution in [1.82, 2.24) is 19.5 Å². The molecule has 234 valence electrons. The van der Waals surface area contributed by atoms with E-state index in [0.29, 0.717) is 17.5 Å². The average Bonchev–Trinajstić information content (AvgIpc) is 3.75. The Morgan fingerprint density at radius 2 is 0.980 bits per heavy atom. The topological polar surface area (TPSA) is 56.7 Å². The molecule has 0 amide bonds. The first-order valence-corrected chi connectivity index (χ1v) is 16.7. The molecule has 0 N–H and O–H groups in total. The first-order chi connectivity index (χ1) is 24.8. The number of rotatable bonds is 5. The van der Waals surface area contributed by atoms with Crippen molar-refractivity contribution in [3.63, 3.8) is 0 Å². The molecule has 0 saturated heterocycles. The summed E-state index contributed by atoms with van der Waals surface area (Å²) in [5, 5.41) is 4.40. The average molecular weight is 641 g/mol. The fourth-order valence-electron chi connectivity index (χ4n) is 7.18. The van der Waals surface area contributed by atoms with Gasteiger partial charge in [0.25, 0.3) is 0 Å². The van der Waals surface area contributed by atoms with E-state index in [-0.39, 0.29) is 0 Å². The second kappa shape index (κ2) is 11.4. The van der Waals surface area contributed by atoms with Crippen molar-refractivity contribution in [2.24, 2.45) is 0 Å². The lowest BCUT2D eigenvalue weighted by Crippen LogP contribution is -2.02. The van der Waals surface area contributed by atoms with Crippen LogP contribution in [-0.2, 0) is 0 Å². The summed E-state index contributed by atoms with van der Waals surface area (Å²) in [5.41, 5.74) is 9.70. The third-order valence-electron chi connectivity index (χ3n) is 9.46. The third-order valence-corrected chi connectivity index (χ3v) is 9.46. The van der Waals surface area contributed by atoms with Crippen LogP contribution in [0.25, 0.3) is 94.7 Å². The molecule has 0 saturated carbocycles. The predicted molar refractivity (Wildman–Crippen MR) is 203 cm³/mol. The standard InChI is InChI=1S/C45H28N4O/c1-3-14-29(15-4-1)30-16-11-17-31(28-30)43-46-44(48-45(47-43)38-25-13-23-36-34-21-8-10-27-40(34)50-42(36)38)37-24-12-22-35-33-20-7-9-26-39(33)49(41(35)37)32-18-5-2-6-19-32/h1-28H. The molecule has 0 unspecified atom stereocenters. The first-order valence-electron chi connectivity index (χ1n) is 16.7. The molecule has 0 aliphatic heterocycles. The lowest BCUT2D eigenvalue weighted by Gasteiger charge is -2.13. The molecule has 0 aliphatic rings. The molecule has 0 spiro atoms. The molecule has 0 bridgehead atoms. The van der Waals surface area contributed by atoms with Gasteiger partial charge in [0.1, 0.15) is 11.2 Å². The highest BCUT2D eigenvalue weighted by Gasteiger charge is 2.21. The molecular weight excluding hydrogens is 613 g/mol. The predicted octanol–water partition coefficient (Wildman–Crippen LogP) is 11.5. The maximum Gasteiger partial charge on any atom is 0.167 e. The number of hydrogen-bond acceptors (Lipinski definition) is 4. The molecule has 0 aliphatic carbocycles. The summed E-state index contributed by atoms with van der Waals surface area (Å²) in [6.45, 7) is 0. The quantitative estimate of drug-likeness (QED) is 0.188. The van der Waals surface area contributed by atoms with Crippen LogP contribution in [-0.4, -0.2) is 19.5 Å². The second-order valence-electron chi connectivity index (χ2n) is 12.4. The number of aromatic nitrogens is 4. The highest BCUT2D eigenvalue weighted by atomic mass is 16.3. The third kappa shape index (κ3) is 4.52. The van der Waals surface area contributed by atoms with Crippen molar-refractivity contribution in [1.29, 1.82) is 0 Å². The summed E-state index contributed by atoms with van der Waals surface area (Å²) < 4.78 is 8.81. The molecule has 0 atom stereocenters. The van der Waals surface area contributed by atoms with Gasteiger partial charge in [-0.25, -0.2) is 15.0 Å². The lowest BCUT2D eigenvalue weighted by molar-refractivity contribution is 0.669. The summed E-state index contributed by atoms with van der Waals surface area (Å²) >= 11 is 0. The Labute approximate surface area is 287 Å². The Morgan fingerprint density at radius 1 is 0.400 bits per heavy atom. The van der Waals surface area contributed by atoms with Gasteiger partial charge >= 0.3 is 0 Å². The van der Waals surface area contributed by atoms with E-state index in [2.05, 4.69) is 132 Å². The molecule has 5 heteroatoms. The van der Waals surface area contributed by atoms with Gasteiger partial charge in [-0.15, -0.1) is 0 Å². The molecular formula is C45H28N4O. The van der Waals surface area contributed by atoms with Gasteiger partial charge in [-0.2, -0.15) is 0 Å². The van der Waals surface area contributed by atoms with Crippen LogP contribution in [0.4, 0.5) is 0 Å². The van der Waals surface area contributed by atoms with Gasteiger partial charge in [-0.1, -0.05) is 127 Å². The summed E-state index contributed by atoms with van der Waals surface area (Å²) in [6.07, 6.45) is 0. The number of hydrogen-bond donors (Lipinski definition) is 0. The van der Waals surface area contributed by atoms with Gasteiger partial charge in [0.15, 0.2) is 17.5 Å². The van der Waals surface area contributed by atoms with E-state index in [4.69, 9.17) is 19.4 Å². The summed E-state index contributed by atoms with van der Waals surface area (Å²) in [7, 11) is 0. The molecule has 0 radical (unpaired) electrons. The van der Waals surface area contributed by atoms with Crippen LogP contribution in [0.2, 0.25) is 0 Å². The zero-order valence-electron chi connectivity index (χ0n) is 26.9. The molecule has 10 aromatic rings. The largest absolute Gasteiger partial charge is 0.455 e. The molecule has 7 aromatic carbocycles. The maximum absolute atomic E-state index is 6.49. The van der Waals surface area contributed by atoms with Gasteiger partial charge in [0.2, 0.25) is 0 Å². The fourth-order valence-corrected chi connectivity index (χ4v) is 7.18. The van der Waals surface area contributed by atoms with E-state index in [1.807, 2.05) is 42.5 Å². The van der Waals surface area contributed by atoms with Crippen LogP contribution in [0.1, 0.15) is 0 Å². The van der Waals surface area contributed by atoms with Gasteiger partial charge < -0.3 is 8.98 Å². The lowest BCUT2D eigenvalue weighted by atomic mass is 10.0. The fraction of sp³-hybridized carbons (Fsp3) is 0. The zero-order chi connectivity index (χ0) is 33.0. The molecule has 3 heterocycles. The van der Waals surface area contributed by atoms with Gasteiger partial charge in [-0.05, 0) is 53.6 Å². The zero-order valence-corrected chi connectivity index (χ0v) is 26.9. The first kappa shape index (κ1) is 28.2. The summed E-state index contributed by atoms with van der Waals surface area (Å²) in [4.78, 5) is 15.7. The van der Waals surface area contributed by atoms with E-state index in [9.17, 15) is 0 Å². The van der Waals surface area contributed by atoms with Gasteiger partial charge in [0, 0.05) is 38.4 Å². The monoisotopic (exact) mass is 640 g/mol. The Bertz CT molecular complexity index is 2870. The van der Waals surface area contributed by atoms with Crippen molar-refractivity contribution in [3.05, 3.63) is 170 Å². The number of nitrogens with zero attached hydrogens (tertiary/aromatic N) is 4. The minimum Gasteiger partial charge on any atom is -0.455 e. The minimum atomic E-state index is 0.555. The van der Waals surface area contributed by atoms with Crippen LogP contribution in [0.3, 0.4) is 0 Å². The highest BCUT2D eigenvalue weighted by molar-refractivity contribution is 6.13. The van der Waals surface area contributed by atoms with Crippen molar-refractivity contribution in [3.8, 4) is 51.0 Å². The van der Waals surface area contributed by atoms with E-state index in [1.54, 1.807) is 0 Å². The SMILES string of the molecule is c1ccc(-c2cccc(-c3nc(-c4cccc5c4oc4ccccc45)nc(-c4cccc5c6ccccc6n(-c6ccccc6)c45)n3)c2)cc1. The van der Waals surface area contributed by atoms with Crippen molar-refractivity contribution in [2.45, 2.75) is 0 Å². The van der Waals surface area contributed by atoms with Crippen LogP contribution in [0, 0.1) is 0 Å². The van der Waals surface area contributed by atoms with E-state index < -0.39 is 0 Å². The van der Waals surface area contributed by atoms with Crippen LogP contribution < -0.4 is 0 Å². The van der Waals surface area contributed by atoms with E-state index in [1.165, 1.54) is 5.39 Å². The Kier molecular flexibility index (Phi) is 6.42. The molecule has 10 rings (SSSR count). The van der Waals surface area contributed by atoms with Crippen molar-refractivity contribution in [2.75, 3.05) is 0 Å². The van der Waals surface area contributed by atoms with Crippen LogP contribution in [0.15, 0.2) is 174 Å². The maximum atomic E-state index is 6.49. The normalized spacial score (nSPS) is 11.6. The number of furan rings is 1. The Hall–Kier alpha value is -6.85. The van der Waals surface area contributed by atoms with Crippen molar-refractivity contribution < 1.29 is 4.42 Å². The van der Waals surface area contributed by atoms with Crippen molar-refractivity contribution >= 4 is 43.7 Å². The molecule has 0 fully saturated rings. The second-order valence-corrected chi connectivity index (χ2v) is 12.4. The molecule has 5 nitrogen and oxygen atoms in total. The van der Waals surface area contributed by atoms with E-state index in [0.717, 1.165) is 71.9 Å². The molecule has 50 heavy (non-hydrogen) atoms. The highest BCUT2D eigenvalue weighted by Crippen LogP contribution is 2.39. The number of fused-ring (bicyclic) bond motifs is 6. The van der Waals surface area contributed by atoms with Gasteiger partial charge in [-0.3, -0.25) is 0 Å². The van der Waals surface area contributed by atoms with E-state index >= 15 is 0 Å². The van der Waals surface area contributed by atoms with Crippen LogP contribution >= 0.6 is 0 Å². The van der Waals surface area contributed by atoms with Gasteiger partial charge in [0.05, 0.1) is 16.6 Å². The Balaban J connectivity index is 1.27. The summed E-state index contributed by atoms with van der Waals surface area (Å²) in [6, 6.07) is 58.5. The molecule has 3 aromatic heterocycles. The van der Waals surface area contributed by atoms with Crippen LogP contribution in [0.5, 0.6) is 0 Å². The number of benzene rings is 7. The smallest absolute Gasteiger partial charge is 0.167 e. The Morgan fingerprint density at radius 3 is 1.82 bits per heavy atom.